The molecule has 0 fully saturated rings. The lowest BCUT2D eigenvalue weighted by atomic mass is 10.1. The molecule has 0 saturated carbocycles. The summed E-state index contributed by atoms with van der Waals surface area (Å²) in [6, 6.07) is 10.3. The van der Waals surface area contributed by atoms with Crippen molar-refractivity contribution in [1.29, 1.82) is 0 Å². The highest BCUT2D eigenvalue weighted by Crippen LogP contribution is 2.24. The van der Waals surface area contributed by atoms with Gasteiger partial charge in [-0.1, -0.05) is 18.2 Å². The van der Waals surface area contributed by atoms with Crippen molar-refractivity contribution in [2.45, 2.75) is 32.7 Å². The molecule has 0 spiro atoms. The summed E-state index contributed by atoms with van der Waals surface area (Å²) in [5, 5.41) is 11.5. The van der Waals surface area contributed by atoms with Gasteiger partial charge < -0.3 is 10.6 Å². The molecular formula is C20H24N6. The van der Waals surface area contributed by atoms with Crippen molar-refractivity contribution < 1.29 is 0 Å². The number of nitrogens with one attached hydrogen (secondary N) is 2. The third kappa shape index (κ3) is 3.46. The second kappa shape index (κ2) is 7.25. The lowest BCUT2D eigenvalue weighted by Crippen LogP contribution is -2.16. The van der Waals surface area contributed by atoms with E-state index < -0.39 is 0 Å². The number of hydrogen-bond donors (Lipinski definition) is 2. The van der Waals surface area contributed by atoms with E-state index in [1.807, 2.05) is 36.0 Å². The van der Waals surface area contributed by atoms with Gasteiger partial charge in [-0.15, -0.1) is 0 Å². The summed E-state index contributed by atoms with van der Waals surface area (Å²) in [5.74, 6) is 1.77. The first-order valence-electron chi connectivity index (χ1n) is 9.14. The van der Waals surface area contributed by atoms with Crippen LogP contribution in [0.3, 0.4) is 0 Å². The van der Waals surface area contributed by atoms with Crippen molar-refractivity contribution in [3.63, 3.8) is 0 Å². The van der Waals surface area contributed by atoms with Crippen LogP contribution in [0.1, 0.15) is 35.6 Å². The monoisotopic (exact) mass is 348 g/mol. The fourth-order valence-corrected chi connectivity index (χ4v) is 3.36. The van der Waals surface area contributed by atoms with Gasteiger partial charge in [-0.25, -0.2) is 14.6 Å². The number of aryl methyl sites for hydroxylation is 1. The van der Waals surface area contributed by atoms with Gasteiger partial charge in [0.25, 0.3) is 0 Å². The van der Waals surface area contributed by atoms with Crippen LogP contribution in [0.15, 0.2) is 42.7 Å². The molecule has 1 aliphatic rings. The third-order valence-electron chi connectivity index (χ3n) is 4.77. The second-order valence-electron chi connectivity index (χ2n) is 6.71. The largest absolute Gasteiger partial charge is 0.363 e. The molecule has 3 heterocycles. The molecule has 1 aliphatic heterocycles. The Morgan fingerprint density at radius 3 is 2.77 bits per heavy atom. The number of fused-ring (bicyclic) bond motifs is 1. The van der Waals surface area contributed by atoms with Gasteiger partial charge in [-0.3, -0.25) is 0 Å². The molecule has 3 aromatic rings. The Morgan fingerprint density at radius 1 is 1.12 bits per heavy atom. The summed E-state index contributed by atoms with van der Waals surface area (Å²) in [4.78, 5) is 9.33. The Labute approximate surface area is 153 Å². The summed E-state index contributed by atoms with van der Waals surface area (Å²) in [6.07, 6.45) is 5.89. The van der Waals surface area contributed by atoms with Gasteiger partial charge in [0, 0.05) is 30.3 Å². The summed E-state index contributed by atoms with van der Waals surface area (Å²) in [5.41, 5.74) is 4.59. The number of nitrogens with zero attached hydrogens (tertiary/aromatic N) is 4. The Kier molecular flexibility index (Phi) is 4.67. The molecule has 1 aromatic carbocycles. The average Bonchev–Trinajstić information content (AvgIpc) is 3.03. The van der Waals surface area contributed by atoms with E-state index in [-0.39, 0.29) is 6.04 Å². The minimum absolute atomic E-state index is 0.113. The Bertz CT molecular complexity index is 887. The molecule has 2 aromatic heterocycles. The molecule has 4 rings (SSSR count). The van der Waals surface area contributed by atoms with Crippen LogP contribution in [0.4, 0.5) is 5.82 Å². The zero-order valence-electron chi connectivity index (χ0n) is 15.2. The predicted molar refractivity (Wildman–Crippen MR) is 103 cm³/mol. The first-order valence-corrected chi connectivity index (χ1v) is 9.14. The molecule has 6 heteroatoms. The molecule has 134 valence electrons. The number of para-hydroxylation sites is 1. The van der Waals surface area contributed by atoms with E-state index in [0.717, 1.165) is 54.5 Å². The standard InChI is InChI=1S/C20H24N6/c1-14(16-12-22-26(13-16)17-6-4-3-5-7-17)23-20-18-8-10-21-11-9-19(18)24-15(2)25-20/h3-7,12-14,21H,8-11H2,1-2H3,(H,23,24,25)/t14-/m1/s1. The van der Waals surface area contributed by atoms with Crippen LogP contribution < -0.4 is 10.6 Å². The van der Waals surface area contributed by atoms with Crippen molar-refractivity contribution in [2.75, 3.05) is 18.4 Å². The zero-order chi connectivity index (χ0) is 17.9. The van der Waals surface area contributed by atoms with Crippen molar-refractivity contribution in [2.24, 2.45) is 0 Å². The summed E-state index contributed by atoms with van der Waals surface area (Å²) in [6.45, 7) is 6.05. The van der Waals surface area contributed by atoms with Crippen molar-refractivity contribution in [1.82, 2.24) is 25.1 Å². The van der Waals surface area contributed by atoms with Gasteiger partial charge >= 0.3 is 0 Å². The maximum Gasteiger partial charge on any atom is 0.133 e. The number of rotatable bonds is 4. The van der Waals surface area contributed by atoms with Crippen LogP contribution >= 0.6 is 0 Å². The highest BCUT2D eigenvalue weighted by molar-refractivity contribution is 5.49. The van der Waals surface area contributed by atoms with Gasteiger partial charge in [0.15, 0.2) is 0 Å². The van der Waals surface area contributed by atoms with Crippen LogP contribution in [0, 0.1) is 6.92 Å². The van der Waals surface area contributed by atoms with Crippen LogP contribution in [-0.4, -0.2) is 32.8 Å². The van der Waals surface area contributed by atoms with Crippen molar-refractivity contribution >= 4 is 5.82 Å². The van der Waals surface area contributed by atoms with Crippen LogP contribution in [0.5, 0.6) is 0 Å². The van der Waals surface area contributed by atoms with E-state index in [0.29, 0.717) is 0 Å². The fourth-order valence-electron chi connectivity index (χ4n) is 3.36. The molecule has 0 unspecified atom stereocenters. The average molecular weight is 348 g/mol. The molecule has 0 aliphatic carbocycles. The molecule has 26 heavy (non-hydrogen) atoms. The molecule has 0 amide bonds. The van der Waals surface area contributed by atoms with Crippen LogP contribution in [0.2, 0.25) is 0 Å². The molecule has 0 radical (unpaired) electrons. The van der Waals surface area contributed by atoms with Crippen LogP contribution in [0.25, 0.3) is 5.69 Å². The Hall–Kier alpha value is -2.73. The van der Waals surface area contributed by atoms with E-state index in [1.165, 1.54) is 5.56 Å². The normalized spacial score (nSPS) is 15.2. The quantitative estimate of drug-likeness (QED) is 0.759. The van der Waals surface area contributed by atoms with Gasteiger partial charge in [-0.05, 0) is 38.9 Å². The molecule has 1 atom stereocenters. The first-order chi connectivity index (χ1) is 12.7. The summed E-state index contributed by atoms with van der Waals surface area (Å²) < 4.78 is 1.91. The first kappa shape index (κ1) is 16.7. The smallest absolute Gasteiger partial charge is 0.133 e. The van der Waals surface area contributed by atoms with Gasteiger partial charge in [0.05, 0.1) is 23.6 Å². The molecule has 0 bridgehead atoms. The molecule has 6 nitrogen and oxygen atoms in total. The van der Waals surface area contributed by atoms with Crippen molar-refractivity contribution in [3.05, 3.63) is 65.4 Å². The lowest BCUT2D eigenvalue weighted by Gasteiger charge is -2.18. The minimum Gasteiger partial charge on any atom is -0.363 e. The van der Waals surface area contributed by atoms with Crippen LogP contribution in [-0.2, 0) is 12.8 Å². The highest BCUT2D eigenvalue weighted by atomic mass is 15.3. The highest BCUT2D eigenvalue weighted by Gasteiger charge is 2.18. The van der Waals surface area contributed by atoms with E-state index in [2.05, 4.69) is 51.0 Å². The Morgan fingerprint density at radius 2 is 1.92 bits per heavy atom. The number of aromatic nitrogens is 4. The molecule has 0 saturated heterocycles. The second-order valence-corrected chi connectivity index (χ2v) is 6.71. The zero-order valence-corrected chi connectivity index (χ0v) is 15.2. The SMILES string of the molecule is Cc1nc2c(c(N[C@H](C)c3cnn(-c4ccccc4)c3)n1)CCNCC2. The topological polar surface area (TPSA) is 67.7 Å². The number of hydrogen-bond acceptors (Lipinski definition) is 5. The summed E-state index contributed by atoms with van der Waals surface area (Å²) >= 11 is 0. The van der Waals surface area contributed by atoms with E-state index >= 15 is 0 Å². The van der Waals surface area contributed by atoms with E-state index in [9.17, 15) is 0 Å². The fraction of sp³-hybridized carbons (Fsp3) is 0.350. The number of benzene rings is 1. The predicted octanol–water partition coefficient (Wildman–Crippen LogP) is 2.83. The van der Waals surface area contributed by atoms with E-state index in [4.69, 9.17) is 0 Å². The van der Waals surface area contributed by atoms with Gasteiger partial charge in [-0.2, -0.15) is 5.10 Å². The lowest BCUT2D eigenvalue weighted by molar-refractivity contribution is 0.708. The molecule has 2 N–H and O–H groups in total. The van der Waals surface area contributed by atoms with E-state index in [1.54, 1.807) is 0 Å². The van der Waals surface area contributed by atoms with Crippen molar-refractivity contribution in [3.8, 4) is 5.69 Å². The molecular weight excluding hydrogens is 324 g/mol. The van der Waals surface area contributed by atoms with Gasteiger partial charge in [0.1, 0.15) is 11.6 Å². The summed E-state index contributed by atoms with van der Waals surface area (Å²) in [7, 11) is 0. The van der Waals surface area contributed by atoms with Gasteiger partial charge in [0.2, 0.25) is 0 Å². The maximum atomic E-state index is 4.68. The Balaban J connectivity index is 1.58. The third-order valence-corrected chi connectivity index (χ3v) is 4.77. The maximum absolute atomic E-state index is 4.68. The number of anilines is 1. The minimum atomic E-state index is 0.113.